The first-order valence-corrected chi connectivity index (χ1v) is 11.6. The molecule has 2 aromatic carbocycles. The van der Waals surface area contributed by atoms with Crippen molar-refractivity contribution < 1.29 is 31.3 Å². The molecule has 190 valence electrons. The number of alkyl halides is 6. The molecule has 0 aliphatic carbocycles. The van der Waals surface area contributed by atoms with Gasteiger partial charge in [0.15, 0.2) is 0 Å². The summed E-state index contributed by atoms with van der Waals surface area (Å²) in [5.41, 5.74) is 5.45. The van der Waals surface area contributed by atoms with Gasteiger partial charge in [0, 0.05) is 39.5 Å². The van der Waals surface area contributed by atoms with E-state index in [9.17, 15) is 36.5 Å². The first-order valence-electron chi connectivity index (χ1n) is 9.84. The van der Waals surface area contributed by atoms with Crippen LogP contribution in [0.25, 0.3) is 21.1 Å². The highest BCUT2D eigenvalue weighted by atomic mass is 32.1. The Balaban J connectivity index is 0.000000202. The molecule has 0 aliphatic heterocycles. The van der Waals surface area contributed by atoms with E-state index in [1.807, 2.05) is 12.3 Å². The largest absolute Gasteiger partial charge is 0.416 e. The summed E-state index contributed by atoms with van der Waals surface area (Å²) >= 11 is 2.51. The zero-order valence-corrected chi connectivity index (χ0v) is 20.1. The molecule has 0 amide bonds. The van der Waals surface area contributed by atoms with Crippen molar-refractivity contribution >= 4 is 34.0 Å². The van der Waals surface area contributed by atoms with E-state index in [-0.39, 0.29) is 11.3 Å². The lowest BCUT2D eigenvalue weighted by molar-refractivity contribution is -0.384. The highest BCUT2D eigenvalue weighted by molar-refractivity contribution is 7.13. The molecule has 0 unspecified atom stereocenters. The summed E-state index contributed by atoms with van der Waals surface area (Å²) in [5, 5.41) is 15.4. The number of hydrogen-bond acceptors (Lipinski definition) is 7. The summed E-state index contributed by atoms with van der Waals surface area (Å²) in [5.74, 6) is 0. The van der Waals surface area contributed by atoms with E-state index in [1.165, 1.54) is 17.4 Å². The Labute approximate surface area is 208 Å². The summed E-state index contributed by atoms with van der Waals surface area (Å²) in [6.07, 6.45) is -8.98. The van der Waals surface area contributed by atoms with Crippen molar-refractivity contribution in [3.8, 4) is 21.1 Å². The maximum atomic E-state index is 12.5. The minimum Gasteiger partial charge on any atom is -0.398 e. The van der Waals surface area contributed by atoms with Gasteiger partial charge < -0.3 is 5.73 Å². The van der Waals surface area contributed by atoms with Gasteiger partial charge in [-0.05, 0) is 44.2 Å². The van der Waals surface area contributed by atoms with Crippen molar-refractivity contribution in [2.75, 3.05) is 5.73 Å². The van der Waals surface area contributed by atoms with Crippen LogP contribution >= 0.6 is 22.7 Å². The topological polar surface area (TPSA) is 94.9 Å². The van der Waals surface area contributed by atoms with Crippen LogP contribution in [0.5, 0.6) is 0 Å². The predicted octanol–water partition coefficient (Wildman–Crippen LogP) is 7.77. The molecule has 0 saturated carbocycles. The van der Waals surface area contributed by atoms with Crippen LogP contribution < -0.4 is 5.73 Å². The predicted molar refractivity (Wildman–Crippen MR) is 126 cm³/mol. The fourth-order valence-electron chi connectivity index (χ4n) is 2.93. The Bertz CT molecular complexity index is 1400. The summed E-state index contributed by atoms with van der Waals surface area (Å²) in [6.45, 7) is 3.52. The zero-order chi connectivity index (χ0) is 26.8. The van der Waals surface area contributed by atoms with Crippen LogP contribution in [0.3, 0.4) is 0 Å². The molecule has 0 bridgehead atoms. The molecule has 2 aromatic heterocycles. The molecule has 0 fully saturated rings. The molecule has 0 spiro atoms. The molecule has 0 aliphatic rings. The van der Waals surface area contributed by atoms with Crippen molar-refractivity contribution in [3.05, 3.63) is 79.8 Å². The number of halogens is 6. The number of thiazole rings is 2. The molecule has 14 heteroatoms. The molecule has 0 radical (unpaired) electrons. The molecular weight excluding hydrogens is 530 g/mol. The van der Waals surface area contributed by atoms with E-state index in [4.69, 9.17) is 5.73 Å². The number of rotatable bonds is 3. The molecule has 2 heterocycles. The fourth-order valence-corrected chi connectivity index (χ4v) is 4.60. The van der Waals surface area contributed by atoms with Crippen LogP contribution in [0.4, 0.5) is 37.7 Å². The second-order valence-corrected chi connectivity index (χ2v) is 9.09. The minimum absolute atomic E-state index is 0.0918. The Morgan fingerprint density at radius 2 is 1.25 bits per heavy atom. The van der Waals surface area contributed by atoms with Gasteiger partial charge in [-0.1, -0.05) is 0 Å². The van der Waals surface area contributed by atoms with Crippen molar-refractivity contribution in [2.45, 2.75) is 26.2 Å². The summed E-state index contributed by atoms with van der Waals surface area (Å²) in [6, 6.07) is 5.75. The third kappa shape index (κ3) is 6.37. The Morgan fingerprint density at radius 1 is 0.806 bits per heavy atom. The van der Waals surface area contributed by atoms with E-state index in [0.717, 1.165) is 41.3 Å². The summed E-state index contributed by atoms with van der Waals surface area (Å²) in [4.78, 5) is 18.3. The quantitative estimate of drug-likeness (QED) is 0.123. The van der Waals surface area contributed by atoms with Gasteiger partial charge in [0.05, 0.1) is 21.6 Å². The molecule has 0 atom stereocenters. The molecule has 4 rings (SSSR count). The second kappa shape index (κ2) is 10.2. The van der Waals surface area contributed by atoms with Gasteiger partial charge in [0.25, 0.3) is 5.69 Å². The monoisotopic (exact) mass is 546 g/mol. The SMILES string of the molecule is Cc1csc(-c2ccc(C(F)(F)F)cc2N)n1.Cc1csc(-c2ccc(C(F)(F)F)cc2[N+](=O)[O-])n1. The Morgan fingerprint density at radius 3 is 1.64 bits per heavy atom. The Kier molecular flexibility index (Phi) is 7.69. The Hall–Kier alpha value is -3.52. The molecular formula is C22H16F6N4O2S2. The molecule has 36 heavy (non-hydrogen) atoms. The molecule has 0 saturated heterocycles. The van der Waals surface area contributed by atoms with Gasteiger partial charge in [-0.15, -0.1) is 22.7 Å². The maximum absolute atomic E-state index is 12.5. The van der Waals surface area contributed by atoms with Gasteiger partial charge in [-0.3, -0.25) is 10.1 Å². The number of nitro benzene ring substituents is 1. The average molecular weight is 547 g/mol. The fraction of sp³-hybridized carbons (Fsp3) is 0.182. The van der Waals surface area contributed by atoms with Crippen LogP contribution in [-0.2, 0) is 12.4 Å². The second-order valence-electron chi connectivity index (χ2n) is 7.37. The number of nitro groups is 1. The lowest BCUT2D eigenvalue weighted by atomic mass is 10.1. The van der Waals surface area contributed by atoms with Gasteiger partial charge in [0.2, 0.25) is 0 Å². The zero-order valence-electron chi connectivity index (χ0n) is 18.4. The number of nitrogen functional groups attached to an aromatic ring is 1. The number of hydrogen-bond donors (Lipinski definition) is 1. The number of aryl methyl sites for hydroxylation is 2. The number of aromatic nitrogens is 2. The van der Waals surface area contributed by atoms with Crippen LogP contribution in [-0.4, -0.2) is 14.9 Å². The molecule has 4 aromatic rings. The summed E-state index contributed by atoms with van der Waals surface area (Å²) < 4.78 is 74.9. The molecule has 2 N–H and O–H groups in total. The van der Waals surface area contributed by atoms with Crippen molar-refractivity contribution in [2.24, 2.45) is 0 Å². The van der Waals surface area contributed by atoms with E-state index in [0.29, 0.717) is 27.3 Å². The van der Waals surface area contributed by atoms with Crippen LogP contribution in [0, 0.1) is 24.0 Å². The van der Waals surface area contributed by atoms with Gasteiger partial charge in [-0.25, -0.2) is 9.97 Å². The smallest absolute Gasteiger partial charge is 0.398 e. The minimum atomic E-state index is -4.61. The lowest BCUT2D eigenvalue weighted by Crippen LogP contribution is -2.06. The lowest BCUT2D eigenvalue weighted by Gasteiger charge is -2.09. The number of anilines is 1. The number of benzene rings is 2. The van der Waals surface area contributed by atoms with E-state index < -0.39 is 34.1 Å². The normalized spacial score (nSPS) is 11.7. The first kappa shape index (κ1) is 27.1. The average Bonchev–Trinajstić information content (AvgIpc) is 3.40. The van der Waals surface area contributed by atoms with E-state index in [2.05, 4.69) is 9.97 Å². The first-order chi connectivity index (χ1) is 16.7. The van der Waals surface area contributed by atoms with Crippen LogP contribution in [0.1, 0.15) is 22.5 Å². The standard InChI is InChI=1S/C11H7F3N2O2S.C11H9F3N2S/c1-6-5-19-10(15-6)8-3-2-7(11(12,13)14)4-9(8)16(17)18;1-6-5-17-10(16-6)8-3-2-7(4-9(8)15)11(12,13)14/h2-5H,1H3;2-5H,15H2,1H3. The van der Waals surface area contributed by atoms with Gasteiger partial charge >= 0.3 is 12.4 Å². The van der Waals surface area contributed by atoms with Gasteiger partial charge in [-0.2, -0.15) is 26.3 Å². The summed E-state index contributed by atoms with van der Waals surface area (Å²) in [7, 11) is 0. The number of nitrogens with zero attached hydrogens (tertiary/aromatic N) is 3. The van der Waals surface area contributed by atoms with Crippen molar-refractivity contribution in [3.63, 3.8) is 0 Å². The van der Waals surface area contributed by atoms with Crippen molar-refractivity contribution in [1.82, 2.24) is 9.97 Å². The van der Waals surface area contributed by atoms with E-state index >= 15 is 0 Å². The van der Waals surface area contributed by atoms with Crippen LogP contribution in [0.2, 0.25) is 0 Å². The van der Waals surface area contributed by atoms with Crippen LogP contribution in [0.15, 0.2) is 47.2 Å². The third-order valence-corrected chi connectivity index (χ3v) is 6.59. The highest BCUT2D eigenvalue weighted by Gasteiger charge is 2.33. The maximum Gasteiger partial charge on any atom is 0.416 e. The van der Waals surface area contributed by atoms with Gasteiger partial charge in [0.1, 0.15) is 10.0 Å². The van der Waals surface area contributed by atoms with E-state index in [1.54, 1.807) is 12.3 Å². The highest BCUT2D eigenvalue weighted by Crippen LogP contribution is 2.38. The number of nitrogens with two attached hydrogens (primary N) is 1. The molecule has 6 nitrogen and oxygen atoms in total. The van der Waals surface area contributed by atoms with Crippen molar-refractivity contribution in [1.29, 1.82) is 0 Å². The third-order valence-electron chi connectivity index (χ3n) is 4.60.